The summed E-state index contributed by atoms with van der Waals surface area (Å²) in [6, 6.07) is 9.44. The second-order valence-corrected chi connectivity index (χ2v) is 8.48. The van der Waals surface area contributed by atoms with Crippen LogP contribution in [-0.2, 0) is 4.79 Å². The van der Waals surface area contributed by atoms with Crippen LogP contribution in [0.4, 0.5) is 23.1 Å². The fourth-order valence-corrected chi connectivity index (χ4v) is 4.58. The minimum absolute atomic E-state index is 0.00903. The van der Waals surface area contributed by atoms with E-state index >= 15 is 0 Å². The van der Waals surface area contributed by atoms with Crippen molar-refractivity contribution in [3.05, 3.63) is 47.4 Å². The third kappa shape index (κ3) is 3.90. The molecule has 1 atom stereocenters. The van der Waals surface area contributed by atoms with E-state index in [2.05, 4.69) is 20.5 Å². The number of imidazole rings is 1. The van der Waals surface area contributed by atoms with Gasteiger partial charge in [-0.15, -0.1) is 0 Å². The summed E-state index contributed by atoms with van der Waals surface area (Å²) in [5, 5.41) is 20.0. The molecule has 4 heterocycles. The van der Waals surface area contributed by atoms with E-state index in [4.69, 9.17) is 9.97 Å². The van der Waals surface area contributed by atoms with E-state index in [1.165, 1.54) is 6.92 Å². The maximum Gasteiger partial charge on any atom is 0.229 e. The molecule has 32 heavy (non-hydrogen) atoms. The summed E-state index contributed by atoms with van der Waals surface area (Å²) >= 11 is 1.61. The van der Waals surface area contributed by atoms with Crippen LogP contribution >= 0.6 is 11.3 Å². The van der Waals surface area contributed by atoms with Gasteiger partial charge in [0.1, 0.15) is 6.33 Å². The Labute approximate surface area is 188 Å². The molecule has 1 saturated heterocycles. The van der Waals surface area contributed by atoms with Gasteiger partial charge in [0.25, 0.3) is 0 Å². The van der Waals surface area contributed by atoms with E-state index in [0.29, 0.717) is 22.9 Å². The molecule has 0 radical (unpaired) electrons. The summed E-state index contributed by atoms with van der Waals surface area (Å²) in [7, 11) is 0. The molecule has 0 spiro atoms. The molecule has 4 aromatic rings. The van der Waals surface area contributed by atoms with Crippen molar-refractivity contribution in [2.24, 2.45) is 0 Å². The Hall–Kier alpha value is -3.50. The number of nitrogens with zero attached hydrogens (tertiary/aromatic N) is 5. The number of nitrogens with one attached hydrogen (secondary N) is 2. The quantitative estimate of drug-likeness (QED) is 0.413. The van der Waals surface area contributed by atoms with Gasteiger partial charge >= 0.3 is 0 Å². The number of carbonyl (C=O) groups is 1. The number of thiophene rings is 1. The fraction of sp³-hybridized carbons (Fsp3) is 0.273. The van der Waals surface area contributed by atoms with E-state index in [1.807, 2.05) is 45.7 Å². The number of rotatable bonds is 6. The van der Waals surface area contributed by atoms with Gasteiger partial charge in [0.05, 0.1) is 18.3 Å². The Kier molecular flexibility index (Phi) is 5.46. The lowest BCUT2D eigenvalue weighted by Crippen LogP contribution is -2.33. The molecule has 0 bridgehead atoms. The summed E-state index contributed by atoms with van der Waals surface area (Å²) in [5.74, 6) is 1.05. The fourth-order valence-electron chi connectivity index (χ4n) is 3.95. The summed E-state index contributed by atoms with van der Waals surface area (Å²) in [5.41, 5.74) is 3.89. The second kappa shape index (κ2) is 8.56. The molecule has 1 aromatic carbocycles. The SMILES string of the molecule is CC(=O)Nc1ccc(Nc2nc(N3CCCC3CO)nc3c2ncn3-c2ccsc2)cc1. The number of benzene rings is 1. The van der Waals surface area contributed by atoms with Crippen molar-refractivity contribution in [3.8, 4) is 5.69 Å². The van der Waals surface area contributed by atoms with Gasteiger partial charge in [-0.05, 0) is 48.6 Å². The van der Waals surface area contributed by atoms with Crippen molar-refractivity contribution in [3.63, 3.8) is 0 Å². The third-order valence-electron chi connectivity index (χ3n) is 5.48. The van der Waals surface area contributed by atoms with E-state index in [0.717, 1.165) is 36.4 Å². The van der Waals surface area contributed by atoms with Gasteiger partial charge < -0.3 is 20.6 Å². The monoisotopic (exact) mass is 449 g/mol. The normalized spacial score (nSPS) is 15.9. The number of carbonyl (C=O) groups excluding carboxylic acids is 1. The highest BCUT2D eigenvalue weighted by atomic mass is 32.1. The van der Waals surface area contributed by atoms with Gasteiger partial charge in [0.2, 0.25) is 11.9 Å². The first-order valence-corrected chi connectivity index (χ1v) is 11.4. The highest BCUT2D eigenvalue weighted by Crippen LogP contribution is 2.30. The number of fused-ring (bicyclic) bond motifs is 1. The summed E-state index contributed by atoms with van der Waals surface area (Å²) in [4.78, 5) is 27.6. The molecule has 164 valence electrons. The van der Waals surface area contributed by atoms with E-state index < -0.39 is 0 Å². The molecular formula is C22H23N7O2S. The summed E-state index contributed by atoms with van der Waals surface area (Å²) in [6.45, 7) is 2.35. The summed E-state index contributed by atoms with van der Waals surface area (Å²) in [6.07, 6.45) is 3.66. The highest BCUT2D eigenvalue weighted by molar-refractivity contribution is 7.08. The van der Waals surface area contributed by atoms with Crippen LogP contribution in [0.5, 0.6) is 0 Å². The maximum atomic E-state index is 11.3. The Morgan fingerprint density at radius 1 is 1.22 bits per heavy atom. The molecule has 1 amide bonds. The van der Waals surface area contributed by atoms with Crippen molar-refractivity contribution in [2.75, 3.05) is 28.7 Å². The van der Waals surface area contributed by atoms with Crippen LogP contribution in [0.2, 0.25) is 0 Å². The molecule has 0 aliphatic carbocycles. The van der Waals surface area contributed by atoms with Crippen LogP contribution in [0.1, 0.15) is 19.8 Å². The molecular weight excluding hydrogens is 426 g/mol. The molecule has 1 unspecified atom stereocenters. The van der Waals surface area contributed by atoms with Crippen molar-refractivity contribution in [2.45, 2.75) is 25.8 Å². The van der Waals surface area contributed by atoms with Gasteiger partial charge in [-0.3, -0.25) is 9.36 Å². The van der Waals surface area contributed by atoms with Crippen LogP contribution in [0, 0.1) is 0 Å². The summed E-state index contributed by atoms with van der Waals surface area (Å²) < 4.78 is 1.95. The number of amides is 1. The molecule has 5 rings (SSSR count). The van der Waals surface area contributed by atoms with Crippen LogP contribution in [0.15, 0.2) is 47.4 Å². The van der Waals surface area contributed by atoms with Gasteiger partial charge in [-0.25, -0.2) is 4.98 Å². The van der Waals surface area contributed by atoms with Crippen molar-refractivity contribution in [1.82, 2.24) is 19.5 Å². The standard InChI is InChI=1S/C22H23N7O2S/c1-14(31)24-15-4-6-16(7-5-15)25-20-19-21(29(13-23-19)18-8-10-32-12-18)27-22(26-20)28-9-2-3-17(28)11-30/h4-8,10,12-13,17,30H,2-3,9,11H2,1H3,(H,24,31)(H,25,26,27). The van der Waals surface area contributed by atoms with E-state index in [1.54, 1.807) is 17.7 Å². The van der Waals surface area contributed by atoms with Gasteiger partial charge in [-0.1, -0.05) is 0 Å². The number of aliphatic hydroxyl groups is 1. The molecule has 3 N–H and O–H groups in total. The molecule has 9 nitrogen and oxygen atoms in total. The zero-order valence-corrected chi connectivity index (χ0v) is 18.3. The number of hydrogen-bond acceptors (Lipinski definition) is 8. The minimum Gasteiger partial charge on any atom is -0.394 e. The second-order valence-electron chi connectivity index (χ2n) is 7.70. The van der Waals surface area contributed by atoms with Crippen LogP contribution in [0.25, 0.3) is 16.9 Å². The van der Waals surface area contributed by atoms with E-state index in [9.17, 15) is 9.90 Å². The van der Waals surface area contributed by atoms with Gasteiger partial charge in [-0.2, -0.15) is 21.3 Å². The van der Waals surface area contributed by atoms with Crippen molar-refractivity contribution < 1.29 is 9.90 Å². The highest BCUT2D eigenvalue weighted by Gasteiger charge is 2.28. The Morgan fingerprint density at radius 2 is 2.03 bits per heavy atom. The molecule has 3 aromatic heterocycles. The lowest BCUT2D eigenvalue weighted by molar-refractivity contribution is -0.114. The first-order chi connectivity index (χ1) is 15.6. The van der Waals surface area contributed by atoms with Gasteiger partial charge in [0.15, 0.2) is 17.0 Å². The van der Waals surface area contributed by atoms with Crippen molar-refractivity contribution in [1.29, 1.82) is 0 Å². The number of anilines is 4. The van der Waals surface area contributed by atoms with Crippen LogP contribution < -0.4 is 15.5 Å². The lowest BCUT2D eigenvalue weighted by Gasteiger charge is -2.23. The van der Waals surface area contributed by atoms with Crippen molar-refractivity contribution >= 4 is 51.5 Å². The average Bonchev–Trinajstić information content (AvgIpc) is 3.54. The Bertz CT molecular complexity index is 1240. The first kappa shape index (κ1) is 20.4. The maximum absolute atomic E-state index is 11.3. The predicted molar refractivity (Wildman–Crippen MR) is 126 cm³/mol. The zero-order chi connectivity index (χ0) is 22.1. The predicted octanol–water partition coefficient (Wildman–Crippen LogP) is 3.54. The number of hydrogen-bond donors (Lipinski definition) is 3. The molecule has 1 aliphatic rings. The third-order valence-corrected chi connectivity index (χ3v) is 6.15. The first-order valence-electron chi connectivity index (χ1n) is 10.4. The Balaban J connectivity index is 1.57. The van der Waals surface area contributed by atoms with E-state index in [-0.39, 0.29) is 18.6 Å². The molecule has 1 aliphatic heterocycles. The lowest BCUT2D eigenvalue weighted by atomic mass is 10.2. The molecule has 10 heteroatoms. The number of aliphatic hydroxyl groups excluding tert-OH is 1. The Morgan fingerprint density at radius 3 is 2.75 bits per heavy atom. The minimum atomic E-state index is -0.115. The largest absolute Gasteiger partial charge is 0.394 e. The van der Waals surface area contributed by atoms with Crippen LogP contribution in [0.3, 0.4) is 0 Å². The van der Waals surface area contributed by atoms with Gasteiger partial charge in [0, 0.05) is 30.2 Å². The average molecular weight is 450 g/mol. The topological polar surface area (TPSA) is 108 Å². The smallest absolute Gasteiger partial charge is 0.229 e. The zero-order valence-electron chi connectivity index (χ0n) is 17.5. The number of aromatic nitrogens is 4. The van der Waals surface area contributed by atoms with Crippen LogP contribution in [-0.4, -0.2) is 49.7 Å². The molecule has 0 saturated carbocycles. The molecule has 1 fully saturated rings.